The van der Waals surface area contributed by atoms with Gasteiger partial charge in [-0.25, -0.2) is 4.57 Å². The van der Waals surface area contributed by atoms with Crippen LogP contribution in [0.3, 0.4) is 0 Å². The molecule has 0 aliphatic carbocycles. The van der Waals surface area contributed by atoms with Crippen LogP contribution in [0.1, 0.15) is 0 Å². The van der Waals surface area contributed by atoms with Crippen LogP contribution >= 0.6 is 7.82 Å². The summed E-state index contributed by atoms with van der Waals surface area (Å²) in [5.74, 6) is 0. The molecule has 0 radical (unpaired) electrons. The molecule has 0 aromatic heterocycles. The van der Waals surface area contributed by atoms with E-state index >= 15 is 0 Å². The largest absolute Gasteiger partial charge is 0.472 e. The van der Waals surface area contributed by atoms with Crippen LogP contribution in [0.4, 0.5) is 0 Å². The first-order chi connectivity index (χ1) is 5.27. The fourth-order valence-corrected chi connectivity index (χ4v) is 0.901. The summed E-state index contributed by atoms with van der Waals surface area (Å²) in [6.07, 6.45) is 0. The highest BCUT2D eigenvalue weighted by atomic mass is 31.2. The van der Waals surface area contributed by atoms with E-state index in [0.717, 1.165) is 7.11 Å². The fraction of sp³-hybridized carbons (Fsp3) is 1.00. The molecule has 0 rings (SSSR count). The van der Waals surface area contributed by atoms with Crippen molar-refractivity contribution in [2.24, 2.45) is 0 Å². The Bertz CT molecular complexity index is 177. The number of quaternary nitrogens is 1. The van der Waals surface area contributed by atoms with Gasteiger partial charge in [-0.1, -0.05) is 0 Å². The van der Waals surface area contributed by atoms with Gasteiger partial charge in [-0.3, -0.25) is 9.05 Å². The Morgan fingerprint density at radius 2 is 1.92 bits per heavy atom. The number of nitrogens with zero attached hydrogens (tertiary/aromatic N) is 1. The van der Waals surface area contributed by atoms with Gasteiger partial charge in [-0.05, 0) is 0 Å². The predicted molar refractivity (Wildman–Crippen MR) is 45.7 cm³/mol. The number of phosphoric acid groups is 1. The van der Waals surface area contributed by atoms with Gasteiger partial charge in [0.1, 0.15) is 13.2 Å². The Balaban J connectivity index is 3.65. The fourth-order valence-electron chi connectivity index (χ4n) is 0.483. The summed E-state index contributed by atoms with van der Waals surface area (Å²) in [5, 5.41) is 0. The molecule has 0 saturated heterocycles. The molecule has 5 nitrogen and oxygen atoms in total. The van der Waals surface area contributed by atoms with Crippen molar-refractivity contribution in [3.8, 4) is 0 Å². The van der Waals surface area contributed by atoms with Gasteiger partial charge in [-0.2, -0.15) is 0 Å². The third-order valence-corrected chi connectivity index (χ3v) is 2.22. The lowest BCUT2D eigenvalue weighted by Gasteiger charge is -2.23. The third-order valence-electron chi connectivity index (χ3n) is 1.25. The van der Waals surface area contributed by atoms with Crippen molar-refractivity contribution in [1.29, 1.82) is 0 Å². The maximum absolute atomic E-state index is 10.8. The van der Waals surface area contributed by atoms with E-state index in [1.54, 1.807) is 0 Å². The van der Waals surface area contributed by atoms with Crippen LogP contribution in [0.5, 0.6) is 0 Å². The highest BCUT2D eigenvalue weighted by Gasteiger charge is 2.19. The molecule has 74 valence electrons. The summed E-state index contributed by atoms with van der Waals surface area (Å²) in [6, 6.07) is 0. The Labute approximate surface area is 73.1 Å². The number of phosphoric ester groups is 1. The summed E-state index contributed by atoms with van der Waals surface area (Å²) < 4.78 is 20.3. The first kappa shape index (κ1) is 12.1. The molecular weight excluding hydrogens is 181 g/mol. The van der Waals surface area contributed by atoms with E-state index in [0.29, 0.717) is 11.0 Å². The molecule has 1 N–H and O–H groups in total. The highest BCUT2D eigenvalue weighted by Crippen LogP contribution is 2.41. The van der Waals surface area contributed by atoms with Crippen LogP contribution in [0, 0.1) is 0 Å². The lowest BCUT2D eigenvalue weighted by Crippen LogP contribution is -2.37. The predicted octanol–water partition coefficient (Wildman–Crippen LogP) is 0.456. The quantitative estimate of drug-likeness (QED) is 0.515. The SMILES string of the molecule is COP(=O)(O)OCC[N+](C)(C)C. The summed E-state index contributed by atoms with van der Waals surface area (Å²) in [4.78, 5) is 8.82. The minimum atomic E-state index is -3.77. The first-order valence-corrected chi connectivity index (χ1v) is 5.10. The monoisotopic (exact) mass is 198 g/mol. The van der Waals surface area contributed by atoms with E-state index in [1.807, 2.05) is 21.1 Å². The Morgan fingerprint density at radius 3 is 2.25 bits per heavy atom. The van der Waals surface area contributed by atoms with Crippen LogP contribution in [-0.2, 0) is 13.6 Å². The van der Waals surface area contributed by atoms with Crippen LogP contribution in [0.15, 0.2) is 0 Å². The molecular formula is C6H17NO4P+. The molecule has 0 aromatic carbocycles. The lowest BCUT2D eigenvalue weighted by atomic mass is 10.5. The Kier molecular flexibility index (Phi) is 4.37. The molecule has 1 atom stereocenters. The lowest BCUT2D eigenvalue weighted by molar-refractivity contribution is -0.870. The van der Waals surface area contributed by atoms with Crippen molar-refractivity contribution in [1.82, 2.24) is 0 Å². The third kappa shape index (κ3) is 6.76. The van der Waals surface area contributed by atoms with Gasteiger partial charge in [0.15, 0.2) is 0 Å². The van der Waals surface area contributed by atoms with Gasteiger partial charge < -0.3 is 9.38 Å². The molecule has 6 heteroatoms. The molecule has 0 heterocycles. The molecule has 0 aliphatic rings. The van der Waals surface area contributed by atoms with Gasteiger partial charge in [0.2, 0.25) is 0 Å². The van der Waals surface area contributed by atoms with Crippen LogP contribution in [0.25, 0.3) is 0 Å². The topological polar surface area (TPSA) is 55.8 Å². The Hall–Kier alpha value is 0.0700. The smallest absolute Gasteiger partial charge is 0.329 e. The number of hydrogen-bond acceptors (Lipinski definition) is 3. The zero-order valence-corrected chi connectivity index (χ0v) is 8.88. The zero-order valence-electron chi connectivity index (χ0n) is 7.98. The molecule has 0 saturated carbocycles. The average molecular weight is 198 g/mol. The van der Waals surface area contributed by atoms with E-state index in [1.165, 1.54) is 0 Å². The average Bonchev–Trinajstić information content (AvgIpc) is 1.84. The number of likely N-dealkylation sites (N-methyl/N-ethyl adjacent to an activating group) is 1. The molecule has 12 heavy (non-hydrogen) atoms. The molecule has 0 spiro atoms. The second kappa shape index (κ2) is 4.35. The molecule has 0 aliphatic heterocycles. The second-order valence-corrected chi connectivity index (χ2v) is 5.06. The van der Waals surface area contributed by atoms with Crippen LogP contribution in [0.2, 0.25) is 0 Å². The summed E-state index contributed by atoms with van der Waals surface area (Å²) in [7, 11) is 3.29. The van der Waals surface area contributed by atoms with Crippen molar-refractivity contribution in [2.45, 2.75) is 0 Å². The van der Waals surface area contributed by atoms with E-state index in [4.69, 9.17) is 4.89 Å². The molecule has 0 aromatic rings. The van der Waals surface area contributed by atoms with Crippen molar-refractivity contribution in [3.63, 3.8) is 0 Å². The maximum atomic E-state index is 10.8. The van der Waals surface area contributed by atoms with Gasteiger partial charge in [0.25, 0.3) is 0 Å². The Morgan fingerprint density at radius 1 is 1.42 bits per heavy atom. The molecule has 0 fully saturated rings. The van der Waals surface area contributed by atoms with Gasteiger partial charge in [0.05, 0.1) is 21.1 Å². The summed E-state index contributed by atoms with van der Waals surface area (Å²) in [6.45, 7) is 0.874. The van der Waals surface area contributed by atoms with Crippen molar-refractivity contribution < 1.29 is 23.0 Å². The van der Waals surface area contributed by atoms with E-state index in [-0.39, 0.29) is 6.61 Å². The van der Waals surface area contributed by atoms with Gasteiger partial charge in [-0.15, -0.1) is 0 Å². The minimum Gasteiger partial charge on any atom is -0.329 e. The van der Waals surface area contributed by atoms with Gasteiger partial charge >= 0.3 is 7.82 Å². The summed E-state index contributed by atoms with van der Waals surface area (Å²) in [5.41, 5.74) is 0. The van der Waals surface area contributed by atoms with Crippen LogP contribution < -0.4 is 0 Å². The number of rotatable bonds is 5. The van der Waals surface area contributed by atoms with E-state index in [2.05, 4.69) is 9.05 Å². The minimum absolute atomic E-state index is 0.213. The van der Waals surface area contributed by atoms with Crippen molar-refractivity contribution in [3.05, 3.63) is 0 Å². The zero-order chi connectivity index (χ0) is 9.83. The number of hydrogen-bond donors (Lipinski definition) is 1. The van der Waals surface area contributed by atoms with E-state index < -0.39 is 7.82 Å². The highest BCUT2D eigenvalue weighted by molar-refractivity contribution is 7.47. The molecule has 0 amide bonds. The summed E-state index contributed by atoms with van der Waals surface area (Å²) >= 11 is 0. The second-order valence-electron chi connectivity index (χ2n) is 3.50. The van der Waals surface area contributed by atoms with Gasteiger partial charge in [0, 0.05) is 7.11 Å². The van der Waals surface area contributed by atoms with E-state index in [9.17, 15) is 4.57 Å². The van der Waals surface area contributed by atoms with Crippen molar-refractivity contribution >= 4 is 7.82 Å². The molecule has 0 bridgehead atoms. The van der Waals surface area contributed by atoms with Crippen molar-refractivity contribution in [2.75, 3.05) is 41.4 Å². The first-order valence-electron chi connectivity index (χ1n) is 3.60. The van der Waals surface area contributed by atoms with Crippen LogP contribution in [-0.4, -0.2) is 50.8 Å². The standard InChI is InChI=1S/C6H16NO4P/c1-7(2,3)5-6-11-12(8,9)10-4/h5-6H2,1-4H3/p+1. The maximum Gasteiger partial charge on any atom is 0.472 e. The normalized spacial score (nSPS) is 17.4. The molecule has 1 unspecified atom stereocenters.